The number of benzene rings is 1. The van der Waals surface area contributed by atoms with E-state index in [1.165, 1.54) is 0 Å². The van der Waals surface area contributed by atoms with Crippen molar-refractivity contribution in [2.24, 2.45) is 4.99 Å². The summed E-state index contributed by atoms with van der Waals surface area (Å²) in [5, 5.41) is 12.9. The van der Waals surface area contributed by atoms with Crippen LogP contribution in [0, 0.1) is 0 Å². The highest BCUT2D eigenvalue weighted by Crippen LogP contribution is 2.27. The third-order valence-corrected chi connectivity index (χ3v) is 3.96. The normalized spacial score (nSPS) is 17.5. The fraction of sp³-hybridized carbons (Fsp3) is 0.611. The summed E-state index contributed by atoms with van der Waals surface area (Å²) < 4.78 is 16.2. The molecular formula is C18H29N3O4. The van der Waals surface area contributed by atoms with E-state index in [0.717, 1.165) is 37.6 Å². The number of methoxy groups -OCH3 is 2. The van der Waals surface area contributed by atoms with E-state index in [4.69, 9.17) is 14.2 Å². The number of nitrogens with zero attached hydrogens (tertiary/aromatic N) is 2. The second kappa shape index (κ2) is 9.98. The van der Waals surface area contributed by atoms with Crippen LogP contribution < -0.4 is 19.5 Å². The highest BCUT2D eigenvalue weighted by atomic mass is 16.5. The molecule has 0 saturated carbocycles. The van der Waals surface area contributed by atoms with Gasteiger partial charge >= 0.3 is 0 Å². The number of rotatable bonds is 8. The lowest BCUT2D eigenvalue weighted by molar-refractivity contribution is 0.187. The van der Waals surface area contributed by atoms with Crippen LogP contribution in [0.5, 0.6) is 17.2 Å². The molecule has 0 bridgehead atoms. The van der Waals surface area contributed by atoms with Crippen molar-refractivity contribution in [3.05, 3.63) is 18.2 Å². The van der Waals surface area contributed by atoms with Gasteiger partial charge in [0, 0.05) is 50.8 Å². The molecule has 1 saturated heterocycles. The summed E-state index contributed by atoms with van der Waals surface area (Å²) in [4.78, 5) is 6.72. The highest BCUT2D eigenvalue weighted by molar-refractivity contribution is 5.80. The van der Waals surface area contributed by atoms with Crippen LogP contribution in [0.3, 0.4) is 0 Å². The number of ether oxygens (including phenoxy) is 3. The van der Waals surface area contributed by atoms with Crippen molar-refractivity contribution < 1.29 is 19.3 Å². The van der Waals surface area contributed by atoms with E-state index >= 15 is 0 Å². The summed E-state index contributed by atoms with van der Waals surface area (Å²) in [5.41, 5.74) is 0. The van der Waals surface area contributed by atoms with Gasteiger partial charge in [-0.2, -0.15) is 0 Å². The molecule has 0 unspecified atom stereocenters. The maximum atomic E-state index is 9.67. The molecule has 0 spiro atoms. The third kappa shape index (κ3) is 6.01. The SMILES string of the molecule is CCNC(=NCCCOc1cc(OC)cc(OC)c1)N1CC[C@@H](O)C1. The number of aliphatic imine (C=N–C) groups is 1. The fourth-order valence-corrected chi connectivity index (χ4v) is 2.66. The van der Waals surface area contributed by atoms with Crippen LogP contribution in [0.4, 0.5) is 0 Å². The number of hydrogen-bond acceptors (Lipinski definition) is 5. The van der Waals surface area contributed by atoms with Gasteiger partial charge in [-0.05, 0) is 13.3 Å². The number of aliphatic hydroxyl groups excluding tert-OH is 1. The van der Waals surface area contributed by atoms with E-state index in [1.54, 1.807) is 14.2 Å². The van der Waals surface area contributed by atoms with Gasteiger partial charge < -0.3 is 29.5 Å². The first kappa shape index (κ1) is 19.2. The Morgan fingerprint density at radius 3 is 2.48 bits per heavy atom. The molecule has 1 aromatic rings. The zero-order chi connectivity index (χ0) is 18.1. The average Bonchev–Trinajstić information content (AvgIpc) is 3.06. The predicted octanol–water partition coefficient (Wildman–Crippen LogP) is 1.50. The zero-order valence-electron chi connectivity index (χ0n) is 15.3. The number of nitrogens with one attached hydrogen (secondary N) is 1. The number of guanidine groups is 1. The van der Waals surface area contributed by atoms with Crippen molar-refractivity contribution in [2.75, 3.05) is 47.0 Å². The van der Waals surface area contributed by atoms with Gasteiger partial charge in [0.05, 0.1) is 26.9 Å². The van der Waals surface area contributed by atoms with Crippen LogP contribution in [0.25, 0.3) is 0 Å². The molecule has 7 heteroatoms. The molecule has 2 N–H and O–H groups in total. The van der Waals surface area contributed by atoms with Gasteiger partial charge in [-0.1, -0.05) is 0 Å². The van der Waals surface area contributed by atoms with Crippen molar-refractivity contribution in [3.8, 4) is 17.2 Å². The van der Waals surface area contributed by atoms with Crippen LogP contribution in [0.1, 0.15) is 19.8 Å². The first-order valence-corrected chi connectivity index (χ1v) is 8.73. The molecule has 1 aliphatic heterocycles. The van der Waals surface area contributed by atoms with Gasteiger partial charge in [0.25, 0.3) is 0 Å². The lowest BCUT2D eigenvalue weighted by Crippen LogP contribution is -2.40. The van der Waals surface area contributed by atoms with Gasteiger partial charge in [0.1, 0.15) is 17.2 Å². The van der Waals surface area contributed by atoms with Crippen molar-refractivity contribution in [3.63, 3.8) is 0 Å². The first-order valence-electron chi connectivity index (χ1n) is 8.73. The first-order chi connectivity index (χ1) is 12.2. The number of aliphatic hydroxyl groups is 1. The van der Waals surface area contributed by atoms with Gasteiger partial charge in [-0.15, -0.1) is 0 Å². The Hall–Kier alpha value is -2.15. The summed E-state index contributed by atoms with van der Waals surface area (Å²) in [6, 6.07) is 5.48. The molecule has 1 aromatic carbocycles. The Balaban J connectivity index is 1.81. The minimum Gasteiger partial charge on any atom is -0.496 e. The van der Waals surface area contributed by atoms with Crippen LogP contribution in [-0.4, -0.2) is 69.1 Å². The Bertz CT molecular complexity index is 543. The Kier molecular flexibility index (Phi) is 7.66. The maximum Gasteiger partial charge on any atom is 0.194 e. The zero-order valence-corrected chi connectivity index (χ0v) is 15.3. The Morgan fingerprint density at radius 2 is 1.92 bits per heavy atom. The van der Waals surface area contributed by atoms with Crippen LogP contribution >= 0.6 is 0 Å². The molecule has 0 radical (unpaired) electrons. The van der Waals surface area contributed by atoms with E-state index < -0.39 is 0 Å². The molecule has 140 valence electrons. The van der Waals surface area contributed by atoms with Gasteiger partial charge in [0.15, 0.2) is 5.96 Å². The second-order valence-electron chi connectivity index (χ2n) is 5.87. The molecule has 1 fully saturated rings. The highest BCUT2D eigenvalue weighted by Gasteiger charge is 2.22. The topological polar surface area (TPSA) is 75.6 Å². The summed E-state index contributed by atoms with van der Waals surface area (Å²) >= 11 is 0. The minimum absolute atomic E-state index is 0.254. The summed E-state index contributed by atoms with van der Waals surface area (Å²) in [5.74, 6) is 2.99. The molecule has 1 atom stereocenters. The van der Waals surface area contributed by atoms with E-state index in [2.05, 4.69) is 15.2 Å². The lowest BCUT2D eigenvalue weighted by Gasteiger charge is -2.20. The van der Waals surface area contributed by atoms with E-state index in [-0.39, 0.29) is 6.10 Å². The second-order valence-corrected chi connectivity index (χ2v) is 5.87. The summed E-state index contributed by atoms with van der Waals surface area (Å²) in [7, 11) is 3.23. The van der Waals surface area contributed by atoms with E-state index in [1.807, 2.05) is 25.1 Å². The molecule has 7 nitrogen and oxygen atoms in total. The molecule has 0 aliphatic carbocycles. The van der Waals surface area contributed by atoms with Gasteiger partial charge in [0.2, 0.25) is 0 Å². The fourth-order valence-electron chi connectivity index (χ4n) is 2.66. The van der Waals surface area contributed by atoms with Gasteiger partial charge in [-0.3, -0.25) is 4.99 Å². The van der Waals surface area contributed by atoms with Crippen molar-refractivity contribution in [1.29, 1.82) is 0 Å². The van der Waals surface area contributed by atoms with Crippen LogP contribution in [-0.2, 0) is 0 Å². The van der Waals surface area contributed by atoms with Crippen molar-refractivity contribution in [2.45, 2.75) is 25.9 Å². The average molecular weight is 351 g/mol. The maximum absolute atomic E-state index is 9.67. The monoisotopic (exact) mass is 351 g/mol. The van der Waals surface area contributed by atoms with E-state index in [0.29, 0.717) is 31.2 Å². The molecule has 25 heavy (non-hydrogen) atoms. The standard InChI is InChI=1S/C18H29N3O4/c1-4-19-18(21-8-6-14(22)13-21)20-7-5-9-25-17-11-15(23-2)10-16(12-17)24-3/h10-12,14,22H,4-9,13H2,1-3H3,(H,19,20)/t14-/m1/s1. The Morgan fingerprint density at radius 1 is 1.24 bits per heavy atom. The summed E-state index contributed by atoms with van der Waals surface area (Å²) in [6.07, 6.45) is 1.34. The molecular weight excluding hydrogens is 322 g/mol. The largest absolute Gasteiger partial charge is 0.496 e. The van der Waals surface area contributed by atoms with E-state index in [9.17, 15) is 5.11 Å². The van der Waals surface area contributed by atoms with Gasteiger partial charge in [-0.25, -0.2) is 0 Å². The number of hydrogen-bond donors (Lipinski definition) is 2. The molecule has 0 aromatic heterocycles. The number of likely N-dealkylation sites (tertiary alicyclic amines) is 1. The third-order valence-electron chi connectivity index (χ3n) is 3.96. The van der Waals surface area contributed by atoms with Crippen molar-refractivity contribution in [1.82, 2.24) is 10.2 Å². The quantitative estimate of drug-likeness (QED) is 0.420. The Labute approximate surface area is 149 Å². The lowest BCUT2D eigenvalue weighted by atomic mass is 10.3. The molecule has 0 amide bonds. The number of β-amino-alcohol motifs (C(OH)–C–C–N with tert-alkyl or cyclic N) is 1. The molecule has 1 aliphatic rings. The molecule has 1 heterocycles. The summed E-state index contributed by atoms with van der Waals surface area (Å²) in [6.45, 7) is 5.56. The molecule has 2 rings (SSSR count). The smallest absolute Gasteiger partial charge is 0.194 e. The van der Waals surface area contributed by atoms with Crippen LogP contribution in [0.15, 0.2) is 23.2 Å². The predicted molar refractivity (Wildman–Crippen MR) is 97.8 cm³/mol. The van der Waals surface area contributed by atoms with Crippen molar-refractivity contribution >= 4 is 5.96 Å². The minimum atomic E-state index is -0.254. The van der Waals surface area contributed by atoms with Crippen LogP contribution in [0.2, 0.25) is 0 Å².